The first kappa shape index (κ1) is 14.3. The molecule has 5 heteroatoms. The average Bonchev–Trinajstić information content (AvgIpc) is 2.78. The Morgan fingerprint density at radius 2 is 2.21 bits per heavy atom. The zero-order chi connectivity index (χ0) is 13.8. The summed E-state index contributed by atoms with van der Waals surface area (Å²) in [6, 6.07) is 0. The van der Waals surface area contributed by atoms with E-state index in [4.69, 9.17) is 4.74 Å². The van der Waals surface area contributed by atoms with Crippen molar-refractivity contribution < 1.29 is 9.53 Å². The van der Waals surface area contributed by atoms with Crippen LogP contribution in [-0.2, 0) is 4.74 Å². The third-order valence-electron chi connectivity index (χ3n) is 3.97. The van der Waals surface area contributed by atoms with Crippen LogP contribution in [0, 0.1) is 18.8 Å². The molecule has 19 heavy (non-hydrogen) atoms. The molecule has 1 saturated carbocycles. The number of thiazole rings is 1. The SMILES string of the molecule is COC(=O)c1sc(NCC2CCCCC2C)nc1C. The van der Waals surface area contributed by atoms with Gasteiger partial charge >= 0.3 is 5.97 Å². The second kappa shape index (κ2) is 6.37. The van der Waals surface area contributed by atoms with Crippen LogP contribution in [0.5, 0.6) is 0 Å². The maximum Gasteiger partial charge on any atom is 0.350 e. The lowest BCUT2D eigenvalue weighted by atomic mass is 9.80. The zero-order valence-electron chi connectivity index (χ0n) is 11.9. The van der Waals surface area contributed by atoms with Crippen LogP contribution in [0.3, 0.4) is 0 Å². The largest absolute Gasteiger partial charge is 0.465 e. The fourth-order valence-electron chi connectivity index (χ4n) is 2.67. The average molecular weight is 282 g/mol. The molecule has 1 heterocycles. The molecular formula is C14H22N2O2S. The highest BCUT2D eigenvalue weighted by Crippen LogP contribution is 2.30. The van der Waals surface area contributed by atoms with Gasteiger partial charge in [0, 0.05) is 6.54 Å². The van der Waals surface area contributed by atoms with E-state index < -0.39 is 0 Å². The molecule has 1 aromatic rings. The Bertz CT molecular complexity index is 445. The van der Waals surface area contributed by atoms with Crippen molar-refractivity contribution in [1.82, 2.24) is 4.98 Å². The van der Waals surface area contributed by atoms with Crippen LogP contribution >= 0.6 is 11.3 Å². The van der Waals surface area contributed by atoms with Crippen molar-refractivity contribution in [2.75, 3.05) is 19.0 Å². The lowest BCUT2D eigenvalue weighted by Crippen LogP contribution is -2.24. The molecule has 2 rings (SSSR count). The van der Waals surface area contributed by atoms with Crippen LogP contribution < -0.4 is 5.32 Å². The van der Waals surface area contributed by atoms with E-state index in [1.54, 1.807) is 0 Å². The van der Waals surface area contributed by atoms with E-state index in [0.717, 1.165) is 29.2 Å². The number of nitrogens with zero attached hydrogens (tertiary/aromatic N) is 1. The van der Waals surface area contributed by atoms with E-state index in [9.17, 15) is 4.79 Å². The number of aromatic nitrogens is 1. The van der Waals surface area contributed by atoms with Gasteiger partial charge in [0.1, 0.15) is 4.88 Å². The van der Waals surface area contributed by atoms with Gasteiger partial charge in [0.15, 0.2) is 5.13 Å². The quantitative estimate of drug-likeness (QED) is 0.859. The fraction of sp³-hybridized carbons (Fsp3) is 0.714. The van der Waals surface area contributed by atoms with E-state index in [-0.39, 0.29) is 5.97 Å². The minimum absolute atomic E-state index is 0.297. The summed E-state index contributed by atoms with van der Waals surface area (Å²) >= 11 is 1.39. The lowest BCUT2D eigenvalue weighted by molar-refractivity contribution is 0.0605. The molecule has 1 N–H and O–H groups in total. The molecule has 0 radical (unpaired) electrons. The van der Waals surface area contributed by atoms with E-state index in [0.29, 0.717) is 4.88 Å². The molecular weight excluding hydrogens is 260 g/mol. The Balaban J connectivity index is 1.94. The van der Waals surface area contributed by atoms with Gasteiger partial charge in [0.25, 0.3) is 0 Å². The van der Waals surface area contributed by atoms with Crippen LogP contribution in [0.2, 0.25) is 0 Å². The maximum absolute atomic E-state index is 11.5. The highest BCUT2D eigenvalue weighted by Gasteiger charge is 2.22. The number of esters is 1. The summed E-state index contributed by atoms with van der Waals surface area (Å²) in [5.41, 5.74) is 0.746. The van der Waals surface area contributed by atoms with Crippen molar-refractivity contribution in [2.45, 2.75) is 39.5 Å². The van der Waals surface area contributed by atoms with Gasteiger partial charge in [-0.25, -0.2) is 9.78 Å². The van der Waals surface area contributed by atoms with Crippen LogP contribution in [0.4, 0.5) is 5.13 Å². The molecule has 0 saturated heterocycles. The van der Waals surface area contributed by atoms with Gasteiger partial charge < -0.3 is 10.1 Å². The Morgan fingerprint density at radius 1 is 1.47 bits per heavy atom. The number of hydrogen-bond acceptors (Lipinski definition) is 5. The number of ether oxygens (including phenoxy) is 1. The number of methoxy groups -OCH3 is 1. The maximum atomic E-state index is 11.5. The van der Waals surface area contributed by atoms with Gasteiger partial charge in [-0.1, -0.05) is 37.5 Å². The van der Waals surface area contributed by atoms with Crippen molar-refractivity contribution in [3.8, 4) is 0 Å². The number of rotatable bonds is 4. The molecule has 4 nitrogen and oxygen atoms in total. The van der Waals surface area contributed by atoms with Crippen LogP contribution in [0.15, 0.2) is 0 Å². The number of carbonyl (C=O) groups is 1. The third kappa shape index (κ3) is 3.47. The molecule has 0 amide bonds. The molecule has 1 fully saturated rings. The first-order valence-electron chi connectivity index (χ1n) is 6.91. The van der Waals surface area contributed by atoms with Crippen molar-refractivity contribution >= 4 is 22.4 Å². The van der Waals surface area contributed by atoms with Crippen LogP contribution in [-0.4, -0.2) is 24.6 Å². The van der Waals surface area contributed by atoms with Gasteiger partial charge in [-0.05, 0) is 25.2 Å². The predicted molar refractivity (Wildman–Crippen MR) is 77.8 cm³/mol. The predicted octanol–water partition coefficient (Wildman–Crippen LogP) is 3.48. The Labute approximate surface area is 118 Å². The minimum Gasteiger partial charge on any atom is -0.465 e. The van der Waals surface area contributed by atoms with Gasteiger partial charge in [-0.15, -0.1) is 0 Å². The van der Waals surface area contributed by atoms with Gasteiger partial charge in [-0.2, -0.15) is 0 Å². The molecule has 0 spiro atoms. The first-order valence-corrected chi connectivity index (χ1v) is 7.73. The first-order chi connectivity index (χ1) is 9.11. The van der Waals surface area contributed by atoms with E-state index in [2.05, 4.69) is 17.2 Å². The molecule has 0 aliphatic heterocycles. The Morgan fingerprint density at radius 3 is 2.89 bits per heavy atom. The molecule has 106 valence electrons. The molecule has 1 aliphatic rings. The zero-order valence-corrected chi connectivity index (χ0v) is 12.7. The third-order valence-corrected chi connectivity index (χ3v) is 5.07. The van der Waals surface area contributed by atoms with Crippen LogP contribution in [0.1, 0.15) is 48.0 Å². The fourth-order valence-corrected chi connectivity index (χ4v) is 3.56. The highest BCUT2D eigenvalue weighted by molar-refractivity contribution is 7.17. The molecule has 2 atom stereocenters. The standard InChI is InChI=1S/C14H22N2O2S/c1-9-6-4-5-7-11(9)8-15-14-16-10(2)12(19-14)13(17)18-3/h9,11H,4-8H2,1-3H3,(H,15,16). The summed E-state index contributed by atoms with van der Waals surface area (Å²) in [6.45, 7) is 5.13. The number of anilines is 1. The summed E-state index contributed by atoms with van der Waals surface area (Å²) in [5.74, 6) is 1.20. The summed E-state index contributed by atoms with van der Waals surface area (Å²) in [7, 11) is 1.40. The van der Waals surface area contributed by atoms with Crippen molar-refractivity contribution in [3.63, 3.8) is 0 Å². The molecule has 1 aromatic heterocycles. The Hall–Kier alpha value is -1.10. The summed E-state index contributed by atoms with van der Waals surface area (Å²) in [5, 5.41) is 4.21. The second-order valence-electron chi connectivity index (χ2n) is 5.33. The van der Waals surface area contributed by atoms with Gasteiger partial charge in [0.05, 0.1) is 12.8 Å². The van der Waals surface area contributed by atoms with E-state index >= 15 is 0 Å². The van der Waals surface area contributed by atoms with Gasteiger partial charge in [0.2, 0.25) is 0 Å². The van der Waals surface area contributed by atoms with Crippen molar-refractivity contribution in [3.05, 3.63) is 10.6 Å². The topological polar surface area (TPSA) is 51.2 Å². The molecule has 0 bridgehead atoms. The smallest absolute Gasteiger partial charge is 0.350 e. The monoisotopic (exact) mass is 282 g/mol. The molecule has 1 aliphatic carbocycles. The number of nitrogens with one attached hydrogen (secondary N) is 1. The second-order valence-corrected chi connectivity index (χ2v) is 6.33. The van der Waals surface area contributed by atoms with Crippen molar-refractivity contribution in [2.24, 2.45) is 11.8 Å². The minimum atomic E-state index is -0.297. The molecule has 2 unspecified atom stereocenters. The number of aryl methyl sites for hydroxylation is 1. The highest BCUT2D eigenvalue weighted by atomic mass is 32.1. The Kier molecular flexibility index (Phi) is 4.80. The number of hydrogen-bond donors (Lipinski definition) is 1. The van der Waals surface area contributed by atoms with Gasteiger partial charge in [-0.3, -0.25) is 0 Å². The summed E-state index contributed by atoms with van der Waals surface area (Å²) in [4.78, 5) is 16.5. The van der Waals surface area contributed by atoms with Crippen LogP contribution in [0.25, 0.3) is 0 Å². The summed E-state index contributed by atoms with van der Waals surface area (Å²) < 4.78 is 4.75. The van der Waals surface area contributed by atoms with E-state index in [1.807, 2.05) is 6.92 Å². The lowest BCUT2D eigenvalue weighted by Gasteiger charge is -2.28. The summed E-state index contributed by atoms with van der Waals surface area (Å²) in [6.07, 6.45) is 5.32. The van der Waals surface area contributed by atoms with E-state index in [1.165, 1.54) is 44.1 Å². The molecule has 0 aromatic carbocycles. The van der Waals surface area contributed by atoms with Crippen molar-refractivity contribution in [1.29, 1.82) is 0 Å². The normalized spacial score (nSPS) is 23.1. The number of carbonyl (C=O) groups excluding carboxylic acids is 1.